The summed E-state index contributed by atoms with van der Waals surface area (Å²) in [5.41, 5.74) is 6.37. The molecule has 0 spiro atoms. The standard InChI is InChI=1S/C7H11N3S/c1-2-11-5-6-3-10-7(8)4-9-6/h3-4H,2,5H2,1H3,(H2,8,10). The first-order valence-corrected chi connectivity index (χ1v) is 4.62. The van der Waals surface area contributed by atoms with Gasteiger partial charge < -0.3 is 5.73 Å². The van der Waals surface area contributed by atoms with Crippen molar-refractivity contribution in [3.05, 3.63) is 18.1 Å². The van der Waals surface area contributed by atoms with E-state index in [9.17, 15) is 0 Å². The van der Waals surface area contributed by atoms with Crippen LogP contribution in [-0.4, -0.2) is 15.7 Å². The Hall–Kier alpha value is -0.770. The number of anilines is 1. The lowest BCUT2D eigenvalue weighted by Gasteiger charge is -1.97. The molecule has 0 saturated heterocycles. The van der Waals surface area contributed by atoms with E-state index in [4.69, 9.17) is 5.73 Å². The summed E-state index contributed by atoms with van der Waals surface area (Å²) in [6, 6.07) is 0. The van der Waals surface area contributed by atoms with Crippen LogP contribution in [0.4, 0.5) is 5.82 Å². The molecule has 0 aliphatic rings. The Morgan fingerprint density at radius 3 is 2.82 bits per heavy atom. The zero-order valence-electron chi connectivity index (χ0n) is 6.45. The summed E-state index contributed by atoms with van der Waals surface area (Å²) < 4.78 is 0. The number of thioether (sulfide) groups is 1. The van der Waals surface area contributed by atoms with Gasteiger partial charge in [0, 0.05) is 5.75 Å². The molecule has 1 aromatic heterocycles. The SMILES string of the molecule is CCSCc1cnc(N)cn1. The molecule has 0 bridgehead atoms. The topological polar surface area (TPSA) is 51.8 Å². The largest absolute Gasteiger partial charge is 0.382 e. The summed E-state index contributed by atoms with van der Waals surface area (Å²) in [6.45, 7) is 2.12. The number of nitrogens with two attached hydrogens (primary N) is 1. The third-order valence-electron chi connectivity index (χ3n) is 1.18. The molecule has 0 radical (unpaired) electrons. The van der Waals surface area contributed by atoms with Gasteiger partial charge in [-0.3, -0.25) is 4.98 Å². The van der Waals surface area contributed by atoms with Crippen LogP contribution in [0.5, 0.6) is 0 Å². The summed E-state index contributed by atoms with van der Waals surface area (Å²) in [5, 5.41) is 0. The highest BCUT2D eigenvalue weighted by molar-refractivity contribution is 7.98. The number of nitrogens with zero attached hydrogens (tertiary/aromatic N) is 2. The molecular weight excluding hydrogens is 158 g/mol. The molecule has 0 saturated carbocycles. The number of rotatable bonds is 3. The predicted octanol–water partition coefficient (Wildman–Crippen LogP) is 1.31. The van der Waals surface area contributed by atoms with Gasteiger partial charge in [-0.05, 0) is 5.75 Å². The molecule has 1 heterocycles. The Labute approximate surface area is 70.4 Å². The minimum Gasteiger partial charge on any atom is -0.382 e. The molecule has 0 fully saturated rings. The van der Waals surface area contributed by atoms with Gasteiger partial charge in [-0.15, -0.1) is 0 Å². The quantitative estimate of drug-likeness (QED) is 0.741. The molecule has 2 N–H and O–H groups in total. The van der Waals surface area contributed by atoms with Crippen LogP contribution in [0.2, 0.25) is 0 Å². The van der Waals surface area contributed by atoms with Gasteiger partial charge in [-0.25, -0.2) is 4.98 Å². The molecule has 0 unspecified atom stereocenters. The van der Waals surface area contributed by atoms with Crippen molar-refractivity contribution in [2.45, 2.75) is 12.7 Å². The van der Waals surface area contributed by atoms with E-state index in [1.54, 1.807) is 12.4 Å². The van der Waals surface area contributed by atoms with Crippen molar-refractivity contribution in [2.24, 2.45) is 0 Å². The van der Waals surface area contributed by atoms with Gasteiger partial charge >= 0.3 is 0 Å². The third-order valence-corrected chi connectivity index (χ3v) is 2.09. The number of aromatic nitrogens is 2. The van der Waals surface area contributed by atoms with Crippen LogP contribution < -0.4 is 5.73 Å². The van der Waals surface area contributed by atoms with Crippen LogP contribution in [0, 0.1) is 0 Å². The first-order valence-electron chi connectivity index (χ1n) is 3.47. The van der Waals surface area contributed by atoms with E-state index in [-0.39, 0.29) is 0 Å². The fraction of sp³-hybridized carbons (Fsp3) is 0.429. The van der Waals surface area contributed by atoms with Crippen molar-refractivity contribution in [1.82, 2.24) is 9.97 Å². The Morgan fingerprint density at radius 1 is 1.45 bits per heavy atom. The molecule has 0 amide bonds. The molecule has 4 heteroatoms. The van der Waals surface area contributed by atoms with Crippen molar-refractivity contribution in [2.75, 3.05) is 11.5 Å². The zero-order valence-corrected chi connectivity index (χ0v) is 7.27. The second-order valence-corrected chi connectivity index (χ2v) is 3.34. The van der Waals surface area contributed by atoms with Crippen LogP contribution in [0.15, 0.2) is 12.4 Å². The maximum atomic E-state index is 5.37. The Kier molecular flexibility index (Phi) is 3.16. The summed E-state index contributed by atoms with van der Waals surface area (Å²) >= 11 is 1.82. The molecule has 1 rings (SSSR count). The lowest BCUT2D eigenvalue weighted by molar-refractivity contribution is 1.11. The van der Waals surface area contributed by atoms with Gasteiger partial charge in [0.1, 0.15) is 5.82 Å². The van der Waals surface area contributed by atoms with Crippen molar-refractivity contribution in [3.63, 3.8) is 0 Å². The molecule has 60 valence electrons. The Morgan fingerprint density at radius 2 is 2.27 bits per heavy atom. The molecule has 11 heavy (non-hydrogen) atoms. The van der Waals surface area contributed by atoms with Gasteiger partial charge in [-0.2, -0.15) is 11.8 Å². The summed E-state index contributed by atoms with van der Waals surface area (Å²) in [7, 11) is 0. The van der Waals surface area contributed by atoms with Crippen molar-refractivity contribution < 1.29 is 0 Å². The van der Waals surface area contributed by atoms with Crippen molar-refractivity contribution in [1.29, 1.82) is 0 Å². The van der Waals surface area contributed by atoms with E-state index in [1.807, 2.05) is 11.8 Å². The van der Waals surface area contributed by atoms with Crippen LogP contribution >= 0.6 is 11.8 Å². The molecule has 1 aromatic rings. The van der Waals surface area contributed by atoms with E-state index >= 15 is 0 Å². The average molecular weight is 169 g/mol. The van der Waals surface area contributed by atoms with Crippen LogP contribution in [0.25, 0.3) is 0 Å². The molecule has 0 aliphatic heterocycles. The van der Waals surface area contributed by atoms with E-state index in [0.717, 1.165) is 17.2 Å². The normalized spacial score (nSPS) is 9.91. The number of nitrogen functional groups attached to an aromatic ring is 1. The van der Waals surface area contributed by atoms with E-state index in [0.29, 0.717) is 5.82 Å². The highest BCUT2D eigenvalue weighted by Crippen LogP contribution is 2.08. The van der Waals surface area contributed by atoms with Crippen molar-refractivity contribution in [3.8, 4) is 0 Å². The number of hydrogen-bond acceptors (Lipinski definition) is 4. The minimum absolute atomic E-state index is 0.482. The summed E-state index contributed by atoms with van der Waals surface area (Å²) in [5.74, 6) is 2.51. The molecular formula is C7H11N3S. The molecule has 0 atom stereocenters. The number of hydrogen-bond donors (Lipinski definition) is 1. The summed E-state index contributed by atoms with van der Waals surface area (Å²) in [6.07, 6.45) is 3.31. The lowest BCUT2D eigenvalue weighted by atomic mass is 10.5. The molecule has 0 aliphatic carbocycles. The monoisotopic (exact) mass is 169 g/mol. The Bertz CT molecular complexity index is 209. The van der Waals surface area contributed by atoms with Gasteiger partial charge in [0.15, 0.2) is 0 Å². The molecule has 0 aromatic carbocycles. The van der Waals surface area contributed by atoms with Crippen LogP contribution in [-0.2, 0) is 5.75 Å². The lowest BCUT2D eigenvalue weighted by Crippen LogP contribution is -1.94. The van der Waals surface area contributed by atoms with Gasteiger partial charge in [0.05, 0.1) is 18.1 Å². The Balaban J connectivity index is 2.52. The van der Waals surface area contributed by atoms with E-state index in [1.165, 1.54) is 0 Å². The maximum absolute atomic E-state index is 5.37. The van der Waals surface area contributed by atoms with Gasteiger partial charge in [0.2, 0.25) is 0 Å². The third kappa shape index (κ3) is 2.76. The molecule has 3 nitrogen and oxygen atoms in total. The van der Waals surface area contributed by atoms with Crippen molar-refractivity contribution >= 4 is 17.6 Å². The van der Waals surface area contributed by atoms with Crippen LogP contribution in [0.3, 0.4) is 0 Å². The fourth-order valence-electron chi connectivity index (χ4n) is 0.646. The average Bonchev–Trinajstić information content (AvgIpc) is 2.04. The smallest absolute Gasteiger partial charge is 0.141 e. The zero-order chi connectivity index (χ0) is 8.10. The highest BCUT2D eigenvalue weighted by Gasteiger charge is 1.93. The van der Waals surface area contributed by atoms with Gasteiger partial charge in [0.25, 0.3) is 0 Å². The summed E-state index contributed by atoms with van der Waals surface area (Å²) in [4.78, 5) is 8.04. The van der Waals surface area contributed by atoms with Crippen LogP contribution in [0.1, 0.15) is 12.6 Å². The minimum atomic E-state index is 0.482. The van der Waals surface area contributed by atoms with E-state index in [2.05, 4.69) is 16.9 Å². The second kappa shape index (κ2) is 4.18. The second-order valence-electron chi connectivity index (χ2n) is 2.07. The fourth-order valence-corrected chi connectivity index (χ4v) is 1.21. The predicted molar refractivity (Wildman–Crippen MR) is 48.3 cm³/mol. The van der Waals surface area contributed by atoms with Gasteiger partial charge in [-0.1, -0.05) is 6.92 Å². The van der Waals surface area contributed by atoms with E-state index < -0.39 is 0 Å². The highest BCUT2D eigenvalue weighted by atomic mass is 32.2. The maximum Gasteiger partial charge on any atom is 0.141 e. The first kappa shape index (κ1) is 8.33. The first-order chi connectivity index (χ1) is 5.33.